The fraction of sp³-hybridized carbons (Fsp3) is 0.571. The molecule has 1 atom stereocenters. The van der Waals surface area contributed by atoms with Gasteiger partial charge in [-0.2, -0.15) is 0 Å². The highest BCUT2D eigenvalue weighted by Crippen LogP contribution is 2.11. The maximum absolute atomic E-state index is 6.08. The van der Waals surface area contributed by atoms with Crippen molar-refractivity contribution in [3.8, 4) is 0 Å². The van der Waals surface area contributed by atoms with Crippen molar-refractivity contribution in [2.45, 2.75) is 38.8 Å². The van der Waals surface area contributed by atoms with Crippen molar-refractivity contribution in [2.24, 2.45) is 5.73 Å². The van der Waals surface area contributed by atoms with Crippen LogP contribution in [0.15, 0.2) is 24.3 Å². The first-order valence-electron chi connectivity index (χ1n) is 6.30. The summed E-state index contributed by atoms with van der Waals surface area (Å²) in [5, 5.41) is 0.788. The number of rotatable bonds is 7. The van der Waals surface area contributed by atoms with E-state index in [4.69, 9.17) is 17.3 Å². The molecule has 0 radical (unpaired) electrons. The van der Waals surface area contributed by atoms with E-state index in [2.05, 4.69) is 31.0 Å². The molecule has 3 heteroatoms. The molecule has 0 spiro atoms. The van der Waals surface area contributed by atoms with Crippen LogP contribution in [0.25, 0.3) is 0 Å². The van der Waals surface area contributed by atoms with Gasteiger partial charge in [0.1, 0.15) is 0 Å². The maximum Gasteiger partial charge on any atom is 0.0406 e. The SMILES string of the molecule is CCCCC(N)CN(C)Cc1ccc(Cl)cc1. The zero-order chi connectivity index (χ0) is 12.7. The highest BCUT2D eigenvalue weighted by molar-refractivity contribution is 6.30. The zero-order valence-electron chi connectivity index (χ0n) is 10.8. The maximum atomic E-state index is 6.08. The largest absolute Gasteiger partial charge is 0.327 e. The summed E-state index contributed by atoms with van der Waals surface area (Å²) in [6.45, 7) is 4.07. The van der Waals surface area contributed by atoms with Crippen LogP contribution in [-0.2, 0) is 6.54 Å². The molecule has 2 nitrogen and oxygen atoms in total. The number of nitrogens with two attached hydrogens (primary N) is 1. The van der Waals surface area contributed by atoms with E-state index in [0.29, 0.717) is 0 Å². The predicted octanol–water partition coefficient (Wildman–Crippen LogP) is 3.29. The minimum Gasteiger partial charge on any atom is -0.327 e. The molecule has 0 aliphatic carbocycles. The predicted molar refractivity (Wildman–Crippen MR) is 75.3 cm³/mol. The fourth-order valence-electron chi connectivity index (χ4n) is 1.92. The summed E-state index contributed by atoms with van der Waals surface area (Å²) >= 11 is 5.86. The highest BCUT2D eigenvalue weighted by Gasteiger charge is 2.06. The van der Waals surface area contributed by atoms with Crippen LogP contribution in [0.3, 0.4) is 0 Å². The summed E-state index contributed by atoms with van der Waals surface area (Å²) in [5.41, 5.74) is 7.35. The Morgan fingerprint density at radius 3 is 2.53 bits per heavy atom. The Morgan fingerprint density at radius 2 is 1.94 bits per heavy atom. The van der Waals surface area contributed by atoms with Gasteiger partial charge in [0.2, 0.25) is 0 Å². The number of likely N-dealkylation sites (N-methyl/N-ethyl adjacent to an activating group) is 1. The van der Waals surface area contributed by atoms with Gasteiger partial charge in [-0.25, -0.2) is 0 Å². The number of hydrogen-bond acceptors (Lipinski definition) is 2. The quantitative estimate of drug-likeness (QED) is 0.809. The van der Waals surface area contributed by atoms with Gasteiger partial charge in [0, 0.05) is 24.2 Å². The van der Waals surface area contributed by atoms with Crippen LogP contribution in [0.2, 0.25) is 5.02 Å². The standard InChI is InChI=1S/C14H23ClN2/c1-3-4-5-14(16)11-17(2)10-12-6-8-13(15)9-7-12/h6-9,14H,3-5,10-11,16H2,1-2H3. The average Bonchev–Trinajstić information content (AvgIpc) is 2.29. The minimum absolute atomic E-state index is 0.284. The van der Waals surface area contributed by atoms with Gasteiger partial charge in [0.25, 0.3) is 0 Å². The van der Waals surface area contributed by atoms with E-state index < -0.39 is 0 Å². The van der Waals surface area contributed by atoms with Gasteiger partial charge in [0.05, 0.1) is 0 Å². The van der Waals surface area contributed by atoms with Crippen LogP contribution in [-0.4, -0.2) is 24.5 Å². The minimum atomic E-state index is 0.284. The van der Waals surface area contributed by atoms with E-state index in [1.807, 2.05) is 12.1 Å². The Kier molecular flexibility index (Phi) is 6.56. The molecule has 1 unspecified atom stereocenters. The number of benzene rings is 1. The van der Waals surface area contributed by atoms with Crippen LogP contribution in [0.5, 0.6) is 0 Å². The van der Waals surface area contributed by atoms with Crippen molar-refractivity contribution < 1.29 is 0 Å². The molecule has 0 bridgehead atoms. The summed E-state index contributed by atoms with van der Waals surface area (Å²) in [5.74, 6) is 0. The van der Waals surface area contributed by atoms with Crippen LogP contribution >= 0.6 is 11.6 Å². The van der Waals surface area contributed by atoms with Crippen LogP contribution < -0.4 is 5.73 Å². The Balaban J connectivity index is 2.33. The van der Waals surface area contributed by atoms with Crippen LogP contribution in [0.4, 0.5) is 0 Å². The van der Waals surface area contributed by atoms with Crippen molar-refractivity contribution in [3.63, 3.8) is 0 Å². The van der Waals surface area contributed by atoms with E-state index in [1.165, 1.54) is 18.4 Å². The van der Waals surface area contributed by atoms with E-state index in [1.54, 1.807) is 0 Å². The second kappa shape index (κ2) is 7.70. The molecule has 2 N–H and O–H groups in total. The average molecular weight is 255 g/mol. The monoisotopic (exact) mass is 254 g/mol. The lowest BCUT2D eigenvalue weighted by Gasteiger charge is -2.21. The van der Waals surface area contributed by atoms with Gasteiger partial charge < -0.3 is 10.6 Å². The van der Waals surface area contributed by atoms with Gasteiger partial charge in [-0.15, -0.1) is 0 Å². The van der Waals surface area contributed by atoms with E-state index >= 15 is 0 Å². The lowest BCUT2D eigenvalue weighted by molar-refractivity contribution is 0.295. The molecule has 1 rings (SSSR count). The second-order valence-corrected chi connectivity index (χ2v) is 5.16. The zero-order valence-corrected chi connectivity index (χ0v) is 11.6. The third-order valence-corrected chi connectivity index (χ3v) is 3.09. The van der Waals surface area contributed by atoms with Crippen molar-refractivity contribution in [3.05, 3.63) is 34.9 Å². The molecular formula is C14H23ClN2. The normalized spacial score (nSPS) is 13.0. The van der Waals surface area contributed by atoms with Crippen LogP contribution in [0.1, 0.15) is 31.7 Å². The summed E-state index contributed by atoms with van der Waals surface area (Å²) in [6, 6.07) is 8.28. The molecule has 1 aromatic rings. The van der Waals surface area contributed by atoms with Gasteiger partial charge >= 0.3 is 0 Å². The molecule has 17 heavy (non-hydrogen) atoms. The first-order valence-corrected chi connectivity index (χ1v) is 6.68. The highest BCUT2D eigenvalue weighted by atomic mass is 35.5. The Labute approximate surface area is 110 Å². The summed E-state index contributed by atoms with van der Waals surface area (Å²) in [6.07, 6.45) is 3.55. The van der Waals surface area contributed by atoms with Crippen molar-refractivity contribution in [2.75, 3.05) is 13.6 Å². The lowest BCUT2D eigenvalue weighted by atomic mass is 10.1. The lowest BCUT2D eigenvalue weighted by Crippen LogP contribution is -2.34. The van der Waals surface area contributed by atoms with Gasteiger partial charge in [-0.3, -0.25) is 0 Å². The molecule has 1 aromatic carbocycles. The number of halogens is 1. The van der Waals surface area contributed by atoms with Crippen molar-refractivity contribution in [1.29, 1.82) is 0 Å². The molecule has 0 amide bonds. The van der Waals surface area contributed by atoms with E-state index in [-0.39, 0.29) is 6.04 Å². The second-order valence-electron chi connectivity index (χ2n) is 4.73. The van der Waals surface area contributed by atoms with Gasteiger partial charge in [0.15, 0.2) is 0 Å². The summed E-state index contributed by atoms with van der Waals surface area (Å²) in [4.78, 5) is 2.27. The molecule has 0 saturated heterocycles. The smallest absolute Gasteiger partial charge is 0.0406 e. The molecule has 0 fully saturated rings. The Bertz CT molecular complexity index is 311. The number of nitrogens with zero attached hydrogens (tertiary/aromatic N) is 1. The Hall–Kier alpha value is -0.570. The van der Waals surface area contributed by atoms with Crippen molar-refractivity contribution >= 4 is 11.6 Å². The third kappa shape index (κ3) is 6.06. The van der Waals surface area contributed by atoms with Gasteiger partial charge in [-0.1, -0.05) is 43.5 Å². The molecule has 0 aliphatic heterocycles. The van der Waals surface area contributed by atoms with E-state index in [9.17, 15) is 0 Å². The van der Waals surface area contributed by atoms with Crippen LogP contribution in [0, 0.1) is 0 Å². The molecule has 0 aromatic heterocycles. The fourth-order valence-corrected chi connectivity index (χ4v) is 2.05. The number of hydrogen-bond donors (Lipinski definition) is 1. The molecule has 96 valence electrons. The summed E-state index contributed by atoms with van der Waals surface area (Å²) < 4.78 is 0. The molecule has 0 aliphatic rings. The molecule has 0 saturated carbocycles. The topological polar surface area (TPSA) is 29.3 Å². The van der Waals surface area contributed by atoms with E-state index in [0.717, 1.165) is 24.5 Å². The van der Waals surface area contributed by atoms with Crippen molar-refractivity contribution in [1.82, 2.24) is 4.90 Å². The molecule has 0 heterocycles. The van der Waals surface area contributed by atoms with Gasteiger partial charge in [-0.05, 0) is 31.2 Å². The summed E-state index contributed by atoms with van der Waals surface area (Å²) in [7, 11) is 2.11. The first kappa shape index (κ1) is 14.5. The number of unbranched alkanes of at least 4 members (excludes halogenated alkanes) is 1. The first-order chi connectivity index (χ1) is 8.11. The Morgan fingerprint density at radius 1 is 1.29 bits per heavy atom. The third-order valence-electron chi connectivity index (χ3n) is 2.84. The molecular weight excluding hydrogens is 232 g/mol.